The lowest BCUT2D eigenvalue weighted by Crippen LogP contribution is -2.74. The Morgan fingerprint density at radius 2 is 1.09 bits per heavy atom. The van der Waals surface area contributed by atoms with Crippen molar-refractivity contribution in [3.63, 3.8) is 0 Å². The lowest BCUT2D eigenvalue weighted by Gasteiger charge is -2.41. The Balaban J connectivity index is 6.12. The van der Waals surface area contributed by atoms with E-state index in [1.54, 1.807) is 0 Å². The summed E-state index contributed by atoms with van der Waals surface area (Å²) in [6.45, 7) is 2.03. The molecule has 0 aromatic heterocycles. The average Bonchev–Trinajstić information content (AvgIpc) is 2.59. The van der Waals surface area contributed by atoms with E-state index in [2.05, 4.69) is 6.58 Å². The molecule has 0 rings (SSSR count). The van der Waals surface area contributed by atoms with Crippen molar-refractivity contribution in [2.75, 3.05) is 33.7 Å². The lowest BCUT2D eigenvalue weighted by molar-refractivity contribution is -0.883. The molecular weight excluding hydrogens is 509 g/mol. The summed E-state index contributed by atoms with van der Waals surface area (Å²) in [5.41, 5.74) is 0. The minimum absolute atomic E-state index is 0.0925. The molecule has 196 valence electrons. The zero-order valence-corrected chi connectivity index (χ0v) is 16.4. The van der Waals surface area contributed by atoms with Gasteiger partial charge in [0.2, 0.25) is 0 Å². The fourth-order valence-electron chi connectivity index (χ4n) is 2.13. The molecule has 0 heterocycles. The van der Waals surface area contributed by atoms with Crippen LogP contribution in [0.5, 0.6) is 0 Å². The molecule has 0 saturated carbocycles. The van der Waals surface area contributed by atoms with Gasteiger partial charge in [-0.15, -0.1) is 0 Å². The highest BCUT2D eigenvalue weighted by atomic mass is 19.4. The van der Waals surface area contributed by atoms with E-state index in [9.17, 15) is 70.7 Å². The topological polar surface area (TPSA) is 29.1 Å². The van der Waals surface area contributed by atoms with E-state index in [0.717, 1.165) is 5.32 Å². The van der Waals surface area contributed by atoms with Gasteiger partial charge in [-0.1, -0.05) is 6.58 Å². The molecule has 3 nitrogen and oxygen atoms in total. The average molecular weight is 525 g/mol. The van der Waals surface area contributed by atoms with Crippen LogP contribution in [0, 0.1) is 0 Å². The zero-order chi connectivity index (χ0) is 27.1. The number of alkyl halides is 15. The van der Waals surface area contributed by atoms with Gasteiger partial charge in [0.25, 0.3) is 5.91 Å². The molecule has 0 fully saturated rings. The number of amides is 1. The zero-order valence-electron chi connectivity index (χ0n) is 16.4. The first-order valence-corrected chi connectivity index (χ1v) is 8.24. The minimum Gasteiger partial charge on any atom is -0.345 e. The van der Waals surface area contributed by atoms with Crippen LogP contribution in [0.4, 0.5) is 65.9 Å². The second-order valence-corrected chi connectivity index (χ2v) is 7.33. The summed E-state index contributed by atoms with van der Waals surface area (Å²) in [4.78, 5) is 11.3. The summed E-state index contributed by atoms with van der Waals surface area (Å²) >= 11 is 0. The summed E-state index contributed by atoms with van der Waals surface area (Å²) < 4.78 is 196. The summed E-state index contributed by atoms with van der Waals surface area (Å²) in [6.07, 6.45) is -6.40. The molecule has 0 saturated heterocycles. The highest BCUT2D eigenvalue weighted by Gasteiger charge is 2.94. The Bertz CT molecular complexity index is 727. The number of hydrogen-bond acceptors (Lipinski definition) is 1. The van der Waals surface area contributed by atoms with Crippen LogP contribution >= 0.6 is 0 Å². The molecule has 0 aliphatic carbocycles. The number of nitrogens with zero attached hydrogens (tertiary/aromatic N) is 1. The van der Waals surface area contributed by atoms with Gasteiger partial charge in [0.1, 0.15) is 0 Å². The quantitative estimate of drug-likeness (QED) is 0.236. The van der Waals surface area contributed by atoms with Crippen LogP contribution in [0.3, 0.4) is 0 Å². The number of nitrogens with one attached hydrogen (secondary N) is 1. The van der Waals surface area contributed by atoms with Crippen molar-refractivity contribution in [1.82, 2.24) is 5.32 Å². The van der Waals surface area contributed by atoms with E-state index in [0.29, 0.717) is 0 Å². The van der Waals surface area contributed by atoms with E-state index < -0.39 is 54.2 Å². The first-order chi connectivity index (χ1) is 14.2. The van der Waals surface area contributed by atoms with Crippen LogP contribution in [-0.2, 0) is 4.79 Å². The van der Waals surface area contributed by atoms with Gasteiger partial charge in [0.05, 0.1) is 33.7 Å². The maximum Gasteiger partial charge on any atom is 0.460 e. The number of rotatable bonds is 11. The molecule has 18 heteroatoms. The standard InChI is InChI=1S/C15H15F15N2O/c1-4-6-32(2,3)7-5-31-8(33)9(16,17)10(18,19)11(20,21)12(22,23)13(24,25)14(26,27)15(28,29)30/h4H,1,5-7H2,2-3H3/p+1. The molecular formula is C15H16F15N2O+. The fourth-order valence-corrected chi connectivity index (χ4v) is 2.13. The molecule has 0 atom stereocenters. The van der Waals surface area contributed by atoms with Gasteiger partial charge in [0.15, 0.2) is 0 Å². The van der Waals surface area contributed by atoms with Crippen molar-refractivity contribution in [3.05, 3.63) is 12.7 Å². The first kappa shape index (κ1) is 31.1. The van der Waals surface area contributed by atoms with Crippen molar-refractivity contribution in [1.29, 1.82) is 0 Å². The van der Waals surface area contributed by atoms with E-state index >= 15 is 0 Å². The minimum atomic E-state index is -8.42. The lowest BCUT2D eigenvalue weighted by atomic mass is 9.91. The molecule has 1 N–H and O–H groups in total. The van der Waals surface area contributed by atoms with E-state index in [4.69, 9.17) is 0 Å². The number of quaternary nitrogens is 1. The summed E-state index contributed by atoms with van der Waals surface area (Å²) in [6, 6.07) is 0. The van der Waals surface area contributed by atoms with E-state index in [-0.39, 0.29) is 17.6 Å². The third-order valence-electron chi connectivity index (χ3n) is 4.24. The van der Waals surface area contributed by atoms with Gasteiger partial charge in [0, 0.05) is 0 Å². The van der Waals surface area contributed by atoms with Crippen molar-refractivity contribution in [2.45, 2.75) is 41.7 Å². The summed E-state index contributed by atoms with van der Waals surface area (Å²) in [7, 11) is 2.75. The predicted octanol–water partition coefficient (Wildman–Crippen LogP) is 4.74. The van der Waals surface area contributed by atoms with Crippen molar-refractivity contribution >= 4 is 5.91 Å². The monoisotopic (exact) mass is 525 g/mol. The maximum absolute atomic E-state index is 13.7. The molecule has 0 aromatic rings. The number of carbonyl (C=O) groups is 1. The van der Waals surface area contributed by atoms with Crippen LogP contribution in [0.15, 0.2) is 12.7 Å². The Kier molecular flexibility index (Phi) is 8.22. The second-order valence-electron chi connectivity index (χ2n) is 7.33. The molecule has 0 aliphatic rings. The van der Waals surface area contributed by atoms with Gasteiger partial charge in [-0.3, -0.25) is 4.79 Å². The van der Waals surface area contributed by atoms with Crippen LogP contribution in [-0.4, -0.2) is 85.8 Å². The SMILES string of the molecule is C=CC[N+](C)(C)CCNC(=O)C(F)(F)C(F)(F)C(F)(F)C(F)(F)C(F)(F)C(F)(F)C(F)(F)F. The molecule has 1 amide bonds. The number of hydrogen-bond donors (Lipinski definition) is 1. The maximum atomic E-state index is 13.7. The van der Waals surface area contributed by atoms with Crippen LogP contribution < -0.4 is 5.32 Å². The Morgan fingerprint density at radius 3 is 1.45 bits per heavy atom. The smallest absolute Gasteiger partial charge is 0.345 e. The van der Waals surface area contributed by atoms with Crippen molar-refractivity contribution in [3.8, 4) is 0 Å². The molecule has 0 unspecified atom stereocenters. The van der Waals surface area contributed by atoms with Crippen LogP contribution in [0.1, 0.15) is 0 Å². The number of likely N-dealkylation sites (N-methyl/N-ethyl adjacent to an activating group) is 1. The van der Waals surface area contributed by atoms with Gasteiger partial charge >= 0.3 is 41.7 Å². The third kappa shape index (κ3) is 4.99. The van der Waals surface area contributed by atoms with Gasteiger partial charge in [-0.25, -0.2) is 0 Å². The highest BCUT2D eigenvalue weighted by molar-refractivity contribution is 5.84. The van der Waals surface area contributed by atoms with Crippen molar-refractivity contribution < 1.29 is 75.1 Å². The molecule has 0 bridgehead atoms. The van der Waals surface area contributed by atoms with E-state index in [1.165, 1.54) is 20.2 Å². The summed E-state index contributed by atoms with van der Waals surface area (Å²) in [5, 5.41) is 0.948. The normalized spacial score (nSPS) is 15.4. The molecule has 33 heavy (non-hydrogen) atoms. The van der Waals surface area contributed by atoms with Gasteiger partial charge in [-0.2, -0.15) is 65.9 Å². The largest absolute Gasteiger partial charge is 0.460 e. The first-order valence-electron chi connectivity index (χ1n) is 8.24. The molecule has 0 aromatic carbocycles. The Hall–Kier alpha value is -1.88. The van der Waals surface area contributed by atoms with Gasteiger partial charge in [-0.05, 0) is 6.08 Å². The molecule has 0 radical (unpaired) electrons. The van der Waals surface area contributed by atoms with E-state index in [1.807, 2.05) is 0 Å². The van der Waals surface area contributed by atoms with Crippen molar-refractivity contribution in [2.24, 2.45) is 0 Å². The number of halogens is 15. The Labute approximate surface area is 175 Å². The van der Waals surface area contributed by atoms with Crippen LogP contribution in [0.25, 0.3) is 0 Å². The Morgan fingerprint density at radius 1 is 0.727 bits per heavy atom. The summed E-state index contributed by atoms with van der Waals surface area (Å²) in [5.74, 6) is -51.3. The molecule has 0 spiro atoms. The number of carbonyl (C=O) groups excluding carboxylic acids is 1. The molecule has 0 aliphatic heterocycles. The van der Waals surface area contributed by atoms with Gasteiger partial charge < -0.3 is 9.80 Å². The third-order valence-corrected chi connectivity index (χ3v) is 4.24. The second kappa shape index (κ2) is 8.72. The van der Waals surface area contributed by atoms with Crippen LogP contribution in [0.2, 0.25) is 0 Å². The highest BCUT2D eigenvalue weighted by Crippen LogP contribution is 2.62. The predicted molar refractivity (Wildman–Crippen MR) is 80.8 cm³/mol. The fraction of sp³-hybridized carbons (Fsp3) is 0.800.